The summed E-state index contributed by atoms with van der Waals surface area (Å²) in [5, 5.41) is 5.73. The van der Waals surface area contributed by atoms with E-state index in [9.17, 15) is 9.59 Å². The molecule has 0 saturated carbocycles. The van der Waals surface area contributed by atoms with E-state index in [4.69, 9.17) is 0 Å². The van der Waals surface area contributed by atoms with Gasteiger partial charge in [-0.25, -0.2) is 4.79 Å². The van der Waals surface area contributed by atoms with E-state index in [1.807, 2.05) is 63.2 Å². The number of nitrogens with zero attached hydrogens (tertiary/aromatic N) is 1. The standard InChI is InChI=1S/C21H25N3O2/c1-14-4-8-19(9-5-14)24-13-17(11-20(24)25)12-22-21(26)23-18-7-6-15(2)16(3)10-18/h4-10,17H,11-13H2,1-3H3,(H2,22,23,26). The van der Waals surface area contributed by atoms with Gasteiger partial charge in [0.15, 0.2) is 0 Å². The van der Waals surface area contributed by atoms with Crippen LogP contribution in [0.1, 0.15) is 23.1 Å². The molecular formula is C21H25N3O2. The molecule has 1 unspecified atom stereocenters. The van der Waals surface area contributed by atoms with E-state index in [1.54, 1.807) is 4.90 Å². The predicted molar refractivity (Wildman–Crippen MR) is 105 cm³/mol. The van der Waals surface area contributed by atoms with Crippen LogP contribution in [0.25, 0.3) is 0 Å². The lowest BCUT2D eigenvalue weighted by Crippen LogP contribution is -2.34. The molecule has 0 radical (unpaired) electrons. The van der Waals surface area contributed by atoms with Crippen molar-refractivity contribution in [2.24, 2.45) is 5.92 Å². The maximum atomic E-state index is 12.3. The summed E-state index contributed by atoms with van der Waals surface area (Å²) in [5.74, 6) is 0.226. The van der Waals surface area contributed by atoms with E-state index < -0.39 is 0 Å². The minimum absolute atomic E-state index is 0.107. The normalized spacial score (nSPS) is 16.7. The molecule has 1 saturated heterocycles. The summed E-state index contributed by atoms with van der Waals surface area (Å²) in [4.78, 5) is 26.2. The average molecular weight is 351 g/mol. The van der Waals surface area contributed by atoms with E-state index in [1.165, 1.54) is 11.1 Å². The first-order chi connectivity index (χ1) is 12.4. The third-order valence-corrected chi connectivity index (χ3v) is 4.87. The Bertz CT molecular complexity index is 815. The van der Waals surface area contributed by atoms with Gasteiger partial charge in [-0.2, -0.15) is 0 Å². The number of hydrogen-bond acceptors (Lipinski definition) is 2. The molecule has 0 aromatic heterocycles. The van der Waals surface area contributed by atoms with Gasteiger partial charge in [0.05, 0.1) is 0 Å². The van der Waals surface area contributed by atoms with Gasteiger partial charge in [-0.05, 0) is 56.2 Å². The van der Waals surface area contributed by atoms with E-state index in [2.05, 4.69) is 10.6 Å². The second kappa shape index (κ2) is 7.60. The van der Waals surface area contributed by atoms with Crippen LogP contribution in [0.15, 0.2) is 42.5 Å². The van der Waals surface area contributed by atoms with Crippen LogP contribution in [-0.4, -0.2) is 25.0 Å². The summed E-state index contributed by atoms with van der Waals surface area (Å²) in [6.07, 6.45) is 0.456. The van der Waals surface area contributed by atoms with Crippen LogP contribution in [0.5, 0.6) is 0 Å². The predicted octanol–water partition coefficient (Wildman–Crippen LogP) is 3.79. The molecule has 1 aliphatic heterocycles. The van der Waals surface area contributed by atoms with Crippen molar-refractivity contribution >= 4 is 23.3 Å². The van der Waals surface area contributed by atoms with Crippen molar-refractivity contribution in [1.82, 2.24) is 5.32 Å². The maximum Gasteiger partial charge on any atom is 0.319 e. The number of carbonyl (C=O) groups is 2. The van der Waals surface area contributed by atoms with Crippen molar-refractivity contribution in [2.75, 3.05) is 23.3 Å². The molecule has 136 valence electrons. The number of anilines is 2. The first kappa shape index (κ1) is 18.0. The Morgan fingerprint density at radius 2 is 1.81 bits per heavy atom. The van der Waals surface area contributed by atoms with Crippen LogP contribution in [0.3, 0.4) is 0 Å². The molecule has 5 nitrogen and oxygen atoms in total. The fourth-order valence-corrected chi connectivity index (χ4v) is 3.12. The molecule has 2 N–H and O–H groups in total. The number of benzene rings is 2. The Hall–Kier alpha value is -2.82. The Kier molecular flexibility index (Phi) is 5.26. The van der Waals surface area contributed by atoms with E-state index in [0.29, 0.717) is 19.5 Å². The summed E-state index contributed by atoms with van der Waals surface area (Å²) < 4.78 is 0. The molecule has 26 heavy (non-hydrogen) atoms. The molecule has 2 aromatic rings. The second-order valence-corrected chi connectivity index (χ2v) is 7.04. The first-order valence-electron chi connectivity index (χ1n) is 8.91. The van der Waals surface area contributed by atoms with Crippen molar-refractivity contribution in [3.63, 3.8) is 0 Å². The number of nitrogens with one attached hydrogen (secondary N) is 2. The van der Waals surface area contributed by atoms with E-state index in [0.717, 1.165) is 16.9 Å². The molecule has 2 aromatic carbocycles. The molecule has 1 fully saturated rings. The Morgan fingerprint density at radius 3 is 2.50 bits per heavy atom. The molecule has 0 spiro atoms. The van der Waals surface area contributed by atoms with E-state index in [-0.39, 0.29) is 17.9 Å². The van der Waals surface area contributed by atoms with Gasteiger partial charge in [-0.1, -0.05) is 23.8 Å². The smallest absolute Gasteiger partial charge is 0.319 e. The summed E-state index contributed by atoms with van der Waals surface area (Å²) in [5.41, 5.74) is 5.19. The average Bonchev–Trinajstić information content (AvgIpc) is 2.98. The quantitative estimate of drug-likeness (QED) is 0.880. The van der Waals surface area contributed by atoms with Crippen molar-refractivity contribution < 1.29 is 9.59 Å². The number of hydrogen-bond donors (Lipinski definition) is 2. The minimum atomic E-state index is -0.241. The maximum absolute atomic E-state index is 12.3. The second-order valence-electron chi connectivity index (χ2n) is 7.04. The third-order valence-electron chi connectivity index (χ3n) is 4.87. The van der Waals surface area contributed by atoms with Crippen LogP contribution in [0.2, 0.25) is 0 Å². The third kappa shape index (κ3) is 4.23. The molecule has 1 aliphatic rings. The van der Waals surface area contributed by atoms with E-state index >= 15 is 0 Å². The first-order valence-corrected chi connectivity index (χ1v) is 8.91. The number of rotatable bonds is 4. The van der Waals surface area contributed by atoms with Gasteiger partial charge in [0.1, 0.15) is 0 Å². The lowest BCUT2D eigenvalue weighted by atomic mass is 10.1. The Balaban J connectivity index is 1.52. The lowest BCUT2D eigenvalue weighted by Gasteiger charge is -2.17. The molecule has 1 heterocycles. The summed E-state index contributed by atoms with van der Waals surface area (Å²) >= 11 is 0. The monoisotopic (exact) mass is 351 g/mol. The summed E-state index contributed by atoms with van der Waals surface area (Å²) in [6, 6.07) is 13.5. The van der Waals surface area contributed by atoms with Gasteiger partial charge in [0, 0.05) is 36.8 Å². The number of carbonyl (C=O) groups excluding carboxylic acids is 2. The minimum Gasteiger partial charge on any atom is -0.338 e. The van der Waals surface area contributed by atoms with Gasteiger partial charge < -0.3 is 15.5 Å². The van der Waals surface area contributed by atoms with Crippen molar-refractivity contribution in [3.05, 3.63) is 59.2 Å². The van der Waals surface area contributed by atoms with Crippen LogP contribution in [0.4, 0.5) is 16.2 Å². The van der Waals surface area contributed by atoms with Crippen LogP contribution in [0, 0.1) is 26.7 Å². The Labute approximate surface area is 154 Å². The highest BCUT2D eigenvalue weighted by atomic mass is 16.2. The van der Waals surface area contributed by atoms with Crippen LogP contribution >= 0.6 is 0 Å². The van der Waals surface area contributed by atoms with Gasteiger partial charge in [0.25, 0.3) is 0 Å². The topological polar surface area (TPSA) is 61.4 Å². The molecule has 1 atom stereocenters. The van der Waals surface area contributed by atoms with Crippen molar-refractivity contribution in [1.29, 1.82) is 0 Å². The van der Waals surface area contributed by atoms with Crippen LogP contribution in [-0.2, 0) is 4.79 Å². The zero-order valence-electron chi connectivity index (χ0n) is 15.5. The summed E-state index contributed by atoms with van der Waals surface area (Å²) in [7, 11) is 0. The van der Waals surface area contributed by atoms with Gasteiger partial charge in [-0.3, -0.25) is 4.79 Å². The highest BCUT2D eigenvalue weighted by molar-refractivity contribution is 5.96. The molecule has 0 bridgehead atoms. The highest BCUT2D eigenvalue weighted by Gasteiger charge is 2.30. The molecule has 3 amide bonds. The highest BCUT2D eigenvalue weighted by Crippen LogP contribution is 2.25. The van der Waals surface area contributed by atoms with Crippen molar-refractivity contribution in [3.8, 4) is 0 Å². The molecule has 3 rings (SSSR count). The molecule has 0 aliphatic carbocycles. The molecule has 5 heteroatoms. The summed E-state index contributed by atoms with van der Waals surface area (Å²) in [6.45, 7) is 7.19. The van der Waals surface area contributed by atoms with Gasteiger partial charge >= 0.3 is 6.03 Å². The van der Waals surface area contributed by atoms with Gasteiger partial charge in [0.2, 0.25) is 5.91 Å². The van der Waals surface area contributed by atoms with Crippen molar-refractivity contribution in [2.45, 2.75) is 27.2 Å². The largest absolute Gasteiger partial charge is 0.338 e. The van der Waals surface area contributed by atoms with Gasteiger partial charge in [-0.15, -0.1) is 0 Å². The number of urea groups is 1. The fourth-order valence-electron chi connectivity index (χ4n) is 3.12. The number of amides is 3. The SMILES string of the molecule is Cc1ccc(N2CC(CNC(=O)Nc3ccc(C)c(C)c3)CC2=O)cc1. The van der Waals surface area contributed by atoms with Crippen LogP contribution < -0.4 is 15.5 Å². The zero-order valence-corrected chi connectivity index (χ0v) is 15.5. The zero-order chi connectivity index (χ0) is 18.7. The lowest BCUT2D eigenvalue weighted by molar-refractivity contribution is -0.117. The number of aryl methyl sites for hydroxylation is 3. The fraction of sp³-hybridized carbons (Fsp3) is 0.333. The molecular weight excluding hydrogens is 326 g/mol. The Morgan fingerprint density at radius 1 is 1.08 bits per heavy atom.